The van der Waals surface area contributed by atoms with E-state index in [1.807, 2.05) is 31.2 Å². The van der Waals surface area contributed by atoms with Gasteiger partial charge < -0.3 is 15.5 Å². The first-order valence-corrected chi connectivity index (χ1v) is 9.78. The number of aromatic nitrogens is 1. The van der Waals surface area contributed by atoms with Crippen LogP contribution < -0.4 is 15.5 Å². The van der Waals surface area contributed by atoms with Crippen LogP contribution in [0.2, 0.25) is 0 Å². The summed E-state index contributed by atoms with van der Waals surface area (Å²) in [5, 5.41) is 14.9. The molecule has 0 bridgehead atoms. The van der Waals surface area contributed by atoms with Crippen molar-refractivity contribution in [3.05, 3.63) is 35.4 Å². The summed E-state index contributed by atoms with van der Waals surface area (Å²) in [7, 11) is 0. The maximum absolute atomic E-state index is 12.7. The molecule has 6 nitrogen and oxygen atoms in total. The topological polar surface area (TPSA) is 81.1 Å². The molecular formula is C21H27N5O. The normalized spacial score (nSPS) is 17.9. The minimum atomic E-state index is -0.258. The minimum Gasteiger partial charge on any atom is -0.356 e. The molecule has 0 radical (unpaired) electrons. The van der Waals surface area contributed by atoms with Gasteiger partial charge in [-0.1, -0.05) is 11.6 Å². The first kappa shape index (κ1) is 17.9. The summed E-state index contributed by atoms with van der Waals surface area (Å²) < 4.78 is 0. The van der Waals surface area contributed by atoms with Gasteiger partial charge in [-0.15, -0.1) is 0 Å². The molecule has 2 fully saturated rings. The van der Waals surface area contributed by atoms with Crippen LogP contribution in [0.25, 0.3) is 10.9 Å². The minimum absolute atomic E-state index is 0.141. The van der Waals surface area contributed by atoms with Crippen LogP contribution in [0.3, 0.4) is 0 Å². The molecule has 2 aromatic rings. The van der Waals surface area contributed by atoms with Crippen LogP contribution in [0.4, 0.5) is 5.82 Å². The Morgan fingerprint density at radius 2 is 1.85 bits per heavy atom. The van der Waals surface area contributed by atoms with Crippen molar-refractivity contribution >= 4 is 28.5 Å². The lowest BCUT2D eigenvalue weighted by atomic mass is 10.0. The summed E-state index contributed by atoms with van der Waals surface area (Å²) in [6.07, 6.45) is 4.74. The molecule has 142 valence electrons. The van der Waals surface area contributed by atoms with E-state index < -0.39 is 0 Å². The van der Waals surface area contributed by atoms with Gasteiger partial charge in [-0.25, -0.2) is 4.98 Å². The van der Waals surface area contributed by atoms with E-state index >= 15 is 0 Å². The molecular weight excluding hydrogens is 338 g/mol. The molecule has 2 heterocycles. The summed E-state index contributed by atoms with van der Waals surface area (Å²) in [6.45, 7) is 5.38. The van der Waals surface area contributed by atoms with Crippen LogP contribution in [0.5, 0.6) is 0 Å². The summed E-state index contributed by atoms with van der Waals surface area (Å²) in [5.74, 6) is 0.615. The van der Waals surface area contributed by atoms with E-state index in [0.717, 1.165) is 54.3 Å². The number of carbonyl (C=O) groups is 1. The van der Waals surface area contributed by atoms with Crippen LogP contribution in [0.15, 0.2) is 24.3 Å². The van der Waals surface area contributed by atoms with Crippen molar-refractivity contribution in [3.8, 4) is 0 Å². The molecule has 1 saturated carbocycles. The summed E-state index contributed by atoms with van der Waals surface area (Å²) in [4.78, 5) is 19.8. The summed E-state index contributed by atoms with van der Waals surface area (Å²) in [5.41, 5.74) is 2.59. The van der Waals surface area contributed by atoms with Crippen LogP contribution in [0, 0.1) is 12.3 Å². The van der Waals surface area contributed by atoms with E-state index in [9.17, 15) is 4.79 Å². The van der Waals surface area contributed by atoms with Crippen LogP contribution >= 0.6 is 0 Å². The quantitative estimate of drug-likeness (QED) is 0.575. The molecule has 0 unspecified atom stereocenters. The first-order chi connectivity index (χ1) is 13.0. The van der Waals surface area contributed by atoms with E-state index in [-0.39, 0.29) is 11.7 Å². The Bertz CT molecular complexity index is 882. The number of amidine groups is 1. The Morgan fingerprint density at radius 1 is 1.15 bits per heavy atom. The molecule has 1 amide bonds. The Morgan fingerprint density at radius 3 is 2.52 bits per heavy atom. The summed E-state index contributed by atoms with van der Waals surface area (Å²) in [6, 6.07) is 9.31. The number of aryl methyl sites for hydroxylation is 1. The summed E-state index contributed by atoms with van der Waals surface area (Å²) >= 11 is 0. The monoisotopic (exact) mass is 365 g/mol. The zero-order valence-electron chi connectivity index (χ0n) is 16.0. The van der Waals surface area contributed by atoms with Gasteiger partial charge in [0.2, 0.25) is 0 Å². The number of hydrogen-bond donors (Lipinski definition) is 3. The second-order valence-electron chi connectivity index (χ2n) is 7.84. The van der Waals surface area contributed by atoms with Crippen molar-refractivity contribution in [3.63, 3.8) is 0 Å². The molecule has 6 heteroatoms. The number of hydrogen-bond acceptors (Lipinski definition) is 5. The number of pyridine rings is 1. The van der Waals surface area contributed by atoms with Gasteiger partial charge in [-0.2, -0.15) is 0 Å². The number of benzene rings is 1. The molecule has 0 spiro atoms. The highest BCUT2D eigenvalue weighted by Crippen LogP contribution is 2.28. The number of anilines is 1. The molecule has 4 rings (SSSR count). The number of piperidine rings is 1. The van der Waals surface area contributed by atoms with Gasteiger partial charge >= 0.3 is 0 Å². The lowest BCUT2D eigenvalue weighted by Gasteiger charge is -2.34. The third-order valence-electron chi connectivity index (χ3n) is 5.34. The number of amides is 1. The zero-order valence-corrected chi connectivity index (χ0v) is 16.0. The fourth-order valence-corrected chi connectivity index (χ4v) is 3.77. The molecule has 27 heavy (non-hydrogen) atoms. The van der Waals surface area contributed by atoms with Crippen molar-refractivity contribution in [2.24, 2.45) is 0 Å². The Labute approximate surface area is 159 Å². The van der Waals surface area contributed by atoms with Crippen molar-refractivity contribution in [1.82, 2.24) is 15.6 Å². The van der Waals surface area contributed by atoms with E-state index in [1.165, 1.54) is 12.8 Å². The molecule has 1 aliphatic heterocycles. The molecule has 2 aliphatic rings. The van der Waals surface area contributed by atoms with Crippen LogP contribution in [-0.4, -0.2) is 41.9 Å². The predicted octanol–water partition coefficient (Wildman–Crippen LogP) is 2.99. The number of nitrogens with one attached hydrogen (secondary N) is 3. The van der Waals surface area contributed by atoms with Crippen LogP contribution in [0.1, 0.15) is 48.5 Å². The van der Waals surface area contributed by atoms with Gasteiger partial charge in [-0.3, -0.25) is 10.2 Å². The predicted molar refractivity (Wildman–Crippen MR) is 109 cm³/mol. The smallest absolute Gasteiger partial charge is 0.260 e. The second kappa shape index (κ2) is 7.27. The van der Waals surface area contributed by atoms with Crippen molar-refractivity contribution in [1.29, 1.82) is 5.41 Å². The van der Waals surface area contributed by atoms with Gasteiger partial charge in [0.15, 0.2) is 0 Å². The molecule has 1 aromatic heterocycles. The Balaban J connectivity index is 1.63. The highest BCUT2D eigenvalue weighted by atomic mass is 16.1. The number of carbonyl (C=O) groups excluding carboxylic acids is 1. The standard InChI is InChI=1S/C21H27N5O/c1-13-3-6-19-15(11-13)12-18(21(27)23-14(2)22)20(25-19)26-9-7-17(8-10-26)24-16-4-5-16/h3,6,11-12,16-17,24H,4-5,7-10H2,1-2H3,(H2,22,23,27). The van der Waals surface area contributed by atoms with Crippen molar-refractivity contribution in [2.45, 2.75) is 51.6 Å². The van der Waals surface area contributed by atoms with Gasteiger partial charge in [0.05, 0.1) is 16.9 Å². The lowest BCUT2D eigenvalue weighted by Crippen LogP contribution is -2.44. The molecule has 0 atom stereocenters. The van der Waals surface area contributed by atoms with Crippen LogP contribution in [-0.2, 0) is 0 Å². The zero-order chi connectivity index (χ0) is 19.0. The fourth-order valence-electron chi connectivity index (χ4n) is 3.77. The van der Waals surface area contributed by atoms with E-state index in [2.05, 4.69) is 15.5 Å². The molecule has 1 saturated heterocycles. The van der Waals surface area contributed by atoms with Gasteiger partial charge in [0, 0.05) is 30.6 Å². The lowest BCUT2D eigenvalue weighted by molar-refractivity contribution is 0.0977. The van der Waals surface area contributed by atoms with E-state index in [4.69, 9.17) is 10.4 Å². The third-order valence-corrected chi connectivity index (χ3v) is 5.34. The van der Waals surface area contributed by atoms with Crippen molar-refractivity contribution in [2.75, 3.05) is 18.0 Å². The number of fused-ring (bicyclic) bond motifs is 1. The highest BCUT2D eigenvalue weighted by molar-refractivity contribution is 6.09. The Kier molecular flexibility index (Phi) is 4.83. The maximum atomic E-state index is 12.7. The second-order valence-corrected chi connectivity index (χ2v) is 7.84. The first-order valence-electron chi connectivity index (χ1n) is 9.78. The third kappa shape index (κ3) is 4.11. The molecule has 3 N–H and O–H groups in total. The molecule has 1 aromatic carbocycles. The SMILES string of the molecule is CC(=N)NC(=O)c1cc2cc(C)ccc2nc1N1CCC(NC2CC2)CC1. The number of rotatable bonds is 4. The fraction of sp³-hybridized carbons (Fsp3) is 0.476. The van der Waals surface area contributed by atoms with Gasteiger partial charge in [0.25, 0.3) is 5.91 Å². The average Bonchev–Trinajstić information content (AvgIpc) is 3.44. The highest BCUT2D eigenvalue weighted by Gasteiger charge is 2.29. The van der Waals surface area contributed by atoms with Crippen molar-refractivity contribution < 1.29 is 4.79 Å². The van der Waals surface area contributed by atoms with Gasteiger partial charge in [-0.05, 0) is 57.7 Å². The molecule has 1 aliphatic carbocycles. The van der Waals surface area contributed by atoms with E-state index in [1.54, 1.807) is 6.92 Å². The Hall–Kier alpha value is -2.47. The average molecular weight is 365 g/mol. The van der Waals surface area contributed by atoms with E-state index in [0.29, 0.717) is 11.6 Å². The largest absolute Gasteiger partial charge is 0.356 e. The van der Waals surface area contributed by atoms with Gasteiger partial charge in [0.1, 0.15) is 5.82 Å². The maximum Gasteiger partial charge on any atom is 0.260 e. The number of nitrogens with zero attached hydrogens (tertiary/aromatic N) is 2.